The molecule has 0 spiro atoms. The number of nitrogens with two attached hydrogens (primary N) is 1. The molecule has 0 radical (unpaired) electrons. The van der Waals surface area contributed by atoms with Gasteiger partial charge in [-0.15, -0.1) is 11.3 Å². The molecule has 0 bridgehead atoms. The van der Waals surface area contributed by atoms with E-state index in [0.29, 0.717) is 5.06 Å². The highest BCUT2D eigenvalue weighted by Gasteiger charge is 2.11. The largest absolute Gasteiger partial charge is 0.350 e. The predicted octanol–water partition coefficient (Wildman–Crippen LogP) is 2.91. The SMILES string of the molecule is CC(C=Cc1ccc(Cc2ccccn2)s1)N(O)C(N)=O. The molecule has 2 amide bonds. The van der Waals surface area contributed by atoms with E-state index in [2.05, 4.69) is 11.1 Å². The van der Waals surface area contributed by atoms with Gasteiger partial charge in [-0.3, -0.25) is 10.2 Å². The number of carbonyl (C=O) groups excluding carboxylic acids is 1. The molecule has 0 aliphatic rings. The maximum atomic E-state index is 10.8. The van der Waals surface area contributed by atoms with Crippen molar-refractivity contribution in [2.75, 3.05) is 0 Å². The molecule has 2 heterocycles. The van der Waals surface area contributed by atoms with Gasteiger partial charge in [0.25, 0.3) is 0 Å². The molecule has 2 aromatic heterocycles. The molecule has 110 valence electrons. The first-order valence-electron chi connectivity index (χ1n) is 6.50. The van der Waals surface area contributed by atoms with Crippen molar-refractivity contribution in [1.82, 2.24) is 10.0 Å². The normalized spacial score (nSPS) is 12.5. The topological polar surface area (TPSA) is 79.4 Å². The number of hydroxylamine groups is 2. The van der Waals surface area contributed by atoms with Crippen LogP contribution in [-0.4, -0.2) is 27.3 Å². The minimum absolute atomic E-state index is 0.469. The van der Waals surface area contributed by atoms with E-state index in [1.807, 2.05) is 30.3 Å². The first-order chi connectivity index (χ1) is 10.1. The van der Waals surface area contributed by atoms with Gasteiger partial charge in [-0.25, -0.2) is 4.79 Å². The van der Waals surface area contributed by atoms with Crippen LogP contribution in [0.1, 0.15) is 22.4 Å². The Kier molecular flexibility index (Phi) is 5.08. The molecule has 0 saturated heterocycles. The molecule has 1 atom stereocenters. The molecule has 1 unspecified atom stereocenters. The zero-order valence-corrected chi connectivity index (χ0v) is 12.5. The average Bonchev–Trinajstić information content (AvgIpc) is 2.92. The van der Waals surface area contributed by atoms with Crippen LogP contribution >= 0.6 is 11.3 Å². The minimum Gasteiger partial charge on any atom is -0.350 e. The number of urea groups is 1. The molecule has 0 aliphatic heterocycles. The zero-order valence-electron chi connectivity index (χ0n) is 11.6. The lowest BCUT2D eigenvalue weighted by atomic mass is 10.2. The minimum atomic E-state index is -0.867. The molecule has 2 rings (SSSR count). The Bertz CT molecular complexity index is 625. The molecule has 21 heavy (non-hydrogen) atoms. The summed E-state index contributed by atoms with van der Waals surface area (Å²) >= 11 is 1.65. The summed E-state index contributed by atoms with van der Waals surface area (Å²) in [5.74, 6) is 0. The van der Waals surface area contributed by atoms with Crippen LogP contribution in [0.3, 0.4) is 0 Å². The van der Waals surface area contributed by atoms with Crippen molar-refractivity contribution >= 4 is 23.4 Å². The Morgan fingerprint density at radius 1 is 1.48 bits per heavy atom. The van der Waals surface area contributed by atoms with Crippen LogP contribution in [0.5, 0.6) is 0 Å². The molecular weight excluding hydrogens is 286 g/mol. The van der Waals surface area contributed by atoms with Gasteiger partial charge in [0, 0.05) is 28.1 Å². The van der Waals surface area contributed by atoms with E-state index in [1.54, 1.807) is 30.5 Å². The van der Waals surface area contributed by atoms with E-state index in [0.717, 1.165) is 17.0 Å². The highest BCUT2D eigenvalue weighted by molar-refractivity contribution is 7.12. The summed E-state index contributed by atoms with van der Waals surface area (Å²) < 4.78 is 0. The van der Waals surface area contributed by atoms with Crippen LogP contribution in [0, 0.1) is 0 Å². The molecule has 5 nitrogen and oxygen atoms in total. The number of pyridine rings is 1. The van der Waals surface area contributed by atoms with Gasteiger partial charge in [-0.2, -0.15) is 5.06 Å². The van der Waals surface area contributed by atoms with E-state index in [4.69, 9.17) is 5.73 Å². The van der Waals surface area contributed by atoms with Crippen molar-refractivity contribution in [3.8, 4) is 0 Å². The van der Waals surface area contributed by atoms with E-state index >= 15 is 0 Å². The second kappa shape index (κ2) is 7.01. The van der Waals surface area contributed by atoms with E-state index in [9.17, 15) is 10.0 Å². The lowest BCUT2D eigenvalue weighted by Gasteiger charge is -2.16. The highest BCUT2D eigenvalue weighted by atomic mass is 32.1. The second-order valence-electron chi connectivity index (χ2n) is 4.58. The Hall–Kier alpha value is -2.18. The Balaban J connectivity index is 1.98. The number of hydrogen-bond donors (Lipinski definition) is 2. The highest BCUT2D eigenvalue weighted by Crippen LogP contribution is 2.20. The third-order valence-corrected chi connectivity index (χ3v) is 3.96. The fraction of sp³-hybridized carbons (Fsp3) is 0.200. The summed E-state index contributed by atoms with van der Waals surface area (Å²) in [5, 5.41) is 9.87. The molecule has 0 fully saturated rings. The standard InChI is InChI=1S/C15H17N3O2S/c1-11(18(20)15(16)19)5-6-13-7-8-14(21-13)10-12-4-2-3-9-17-12/h2-9,11,20H,10H2,1H3,(H2,16,19). The van der Waals surface area contributed by atoms with Gasteiger partial charge in [-0.1, -0.05) is 12.1 Å². The Morgan fingerprint density at radius 3 is 2.95 bits per heavy atom. The van der Waals surface area contributed by atoms with Gasteiger partial charge in [0.05, 0.1) is 6.04 Å². The molecule has 0 saturated carbocycles. The summed E-state index contributed by atoms with van der Waals surface area (Å²) in [5.41, 5.74) is 6.02. The van der Waals surface area contributed by atoms with Crippen molar-refractivity contribution in [3.05, 3.63) is 58.1 Å². The molecule has 2 aromatic rings. The third-order valence-electron chi connectivity index (χ3n) is 2.91. The maximum Gasteiger partial charge on any atom is 0.339 e. The quantitative estimate of drug-likeness (QED) is 0.658. The lowest BCUT2D eigenvalue weighted by Crippen LogP contribution is -2.38. The number of hydrogen-bond acceptors (Lipinski definition) is 4. The fourth-order valence-electron chi connectivity index (χ4n) is 1.78. The molecule has 0 aliphatic carbocycles. The molecule has 0 aromatic carbocycles. The first-order valence-corrected chi connectivity index (χ1v) is 7.32. The third kappa shape index (κ3) is 4.40. The second-order valence-corrected chi connectivity index (χ2v) is 5.78. The van der Waals surface area contributed by atoms with Crippen LogP contribution in [0.25, 0.3) is 6.08 Å². The van der Waals surface area contributed by atoms with E-state index in [1.165, 1.54) is 4.88 Å². The van der Waals surface area contributed by atoms with Gasteiger partial charge < -0.3 is 5.73 Å². The zero-order chi connectivity index (χ0) is 15.2. The van der Waals surface area contributed by atoms with Gasteiger partial charge in [-0.05, 0) is 37.3 Å². The van der Waals surface area contributed by atoms with Crippen molar-refractivity contribution in [3.63, 3.8) is 0 Å². The molecular formula is C15H17N3O2S. The summed E-state index contributed by atoms with van der Waals surface area (Å²) in [4.78, 5) is 17.4. The monoisotopic (exact) mass is 303 g/mol. The number of thiophene rings is 1. The van der Waals surface area contributed by atoms with Crippen LogP contribution in [0.15, 0.2) is 42.6 Å². The molecule has 3 N–H and O–H groups in total. The van der Waals surface area contributed by atoms with Crippen LogP contribution in [0.4, 0.5) is 4.79 Å². The van der Waals surface area contributed by atoms with E-state index in [-0.39, 0.29) is 0 Å². The number of nitrogens with zero attached hydrogens (tertiary/aromatic N) is 2. The van der Waals surface area contributed by atoms with Gasteiger partial charge in [0.15, 0.2) is 0 Å². The summed E-state index contributed by atoms with van der Waals surface area (Å²) in [7, 11) is 0. The number of primary amides is 1. The fourth-order valence-corrected chi connectivity index (χ4v) is 2.72. The summed E-state index contributed by atoms with van der Waals surface area (Å²) in [6, 6.07) is 8.57. The van der Waals surface area contributed by atoms with Crippen molar-refractivity contribution in [1.29, 1.82) is 0 Å². The van der Waals surface area contributed by atoms with Crippen LogP contribution < -0.4 is 5.73 Å². The predicted molar refractivity (Wildman–Crippen MR) is 83.1 cm³/mol. The van der Waals surface area contributed by atoms with Crippen molar-refractivity contribution in [2.24, 2.45) is 5.73 Å². The first kappa shape index (κ1) is 15.2. The van der Waals surface area contributed by atoms with Gasteiger partial charge >= 0.3 is 6.03 Å². The van der Waals surface area contributed by atoms with Gasteiger partial charge in [0.2, 0.25) is 0 Å². The number of amides is 2. The summed E-state index contributed by atoms with van der Waals surface area (Å²) in [6.45, 7) is 1.68. The van der Waals surface area contributed by atoms with Crippen LogP contribution in [-0.2, 0) is 6.42 Å². The maximum absolute atomic E-state index is 10.8. The van der Waals surface area contributed by atoms with E-state index < -0.39 is 12.1 Å². The number of rotatable bonds is 5. The average molecular weight is 303 g/mol. The summed E-state index contributed by atoms with van der Waals surface area (Å²) in [6.07, 6.45) is 6.16. The number of carbonyl (C=O) groups is 1. The molecule has 6 heteroatoms. The smallest absolute Gasteiger partial charge is 0.339 e. The Morgan fingerprint density at radius 2 is 2.29 bits per heavy atom. The van der Waals surface area contributed by atoms with Crippen molar-refractivity contribution < 1.29 is 10.0 Å². The number of aromatic nitrogens is 1. The van der Waals surface area contributed by atoms with Crippen molar-refractivity contribution in [2.45, 2.75) is 19.4 Å². The van der Waals surface area contributed by atoms with Crippen LogP contribution in [0.2, 0.25) is 0 Å². The Labute approximate surface area is 127 Å². The lowest BCUT2D eigenvalue weighted by molar-refractivity contribution is -0.0560. The van der Waals surface area contributed by atoms with Gasteiger partial charge in [0.1, 0.15) is 0 Å².